The Balaban J connectivity index is 1.70. The number of hydrogen-bond donors (Lipinski definition) is 1. The predicted molar refractivity (Wildman–Crippen MR) is 120 cm³/mol. The van der Waals surface area contributed by atoms with Crippen molar-refractivity contribution in [1.29, 1.82) is 0 Å². The highest BCUT2D eigenvalue weighted by atomic mass is 16.6. The third kappa shape index (κ3) is 5.97. The second-order valence-corrected chi connectivity index (χ2v) is 10.2. The molecule has 7 heteroatoms. The molecule has 2 aliphatic rings. The van der Waals surface area contributed by atoms with Crippen molar-refractivity contribution in [1.82, 2.24) is 20.1 Å². The average Bonchev–Trinajstić information content (AvgIpc) is 2.73. The van der Waals surface area contributed by atoms with Crippen molar-refractivity contribution in [2.45, 2.75) is 64.5 Å². The zero-order chi connectivity index (χ0) is 22.6. The van der Waals surface area contributed by atoms with E-state index in [0.717, 1.165) is 18.8 Å². The Morgan fingerprint density at radius 1 is 1.00 bits per heavy atom. The highest BCUT2D eigenvalue weighted by molar-refractivity contribution is 5.90. The van der Waals surface area contributed by atoms with Crippen molar-refractivity contribution in [3.63, 3.8) is 0 Å². The van der Waals surface area contributed by atoms with E-state index >= 15 is 0 Å². The summed E-state index contributed by atoms with van der Waals surface area (Å²) in [5.41, 5.74) is -1.41. The maximum Gasteiger partial charge on any atom is 0.408 e. The van der Waals surface area contributed by atoms with Crippen LogP contribution in [0, 0.1) is 11.8 Å². The Bertz CT molecular complexity index is 748. The molecule has 0 spiro atoms. The van der Waals surface area contributed by atoms with Gasteiger partial charge in [0.05, 0.1) is 5.69 Å². The van der Waals surface area contributed by atoms with Crippen LogP contribution in [0.15, 0.2) is 24.4 Å². The molecule has 2 aliphatic heterocycles. The van der Waals surface area contributed by atoms with Gasteiger partial charge in [0, 0.05) is 19.3 Å². The first-order valence-corrected chi connectivity index (χ1v) is 11.5. The Kier molecular flexibility index (Phi) is 7.24. The van der Waals surface area contributed by atoms with Crippen molar-refractivity contribution >= 4 is 12.0 Å². The van der Waals surface area contributed by atoms with Crippen LogP contribution in [-0.2, 0) is 15.1 Å². The number of nitrogens with zero attached hydrogens (tertiary/aromatic N) is 3. The monoisotopic (exact) mass is 430 g/mol. The van der Waals surface area contributed by atoms with Gasteiger partial charge in [-0.25, -0.2) is 4.79 Å². The molecular formula is C24H38N4O3. The standard InChI is InChI=1S/C24H38N4O3/c1-23(2,3)31-22(30)26-24(4,20-8-6-7-13-25-20)21(29)28-16-11-19(12-17-28)18-9-14-27(5)15-10-18/h6-8,13,18-19H,9-12,14-17H2,1-5H3,(H,26,30)/t24-/m0/s1. The molecule has 7 nitrogen and oxygen atoms in total. The van der Waals surface area contributed by atoms with Crippen LogP contribution in [0.3, 0.4) is 0 Å². The number of nitrogens with one attached hydrogen (secondary N) is 1. The molecule has 3 rings (SSSR count). The zero-order valence-corrected chi connectivity index (χ0v) is 19.7. The van der Waals surface area contributed by atoms with Crippen LogP contribution in [-0.4, -0.2) is 65.6 Å². The summed E-state index contributed by atoms with van der Waals surface area (Å²) in [6.45, 7) is 10.9. The maximum absolute atomic E-state index is 13.7. The summed E-state index contributed by atoms with van der Waals surface area (Å²) in [7, 11) is 2.19. The molecule has 2 fully saturated rings. The van der Waals surface area contributed by atoms with Crippen LogP contribution in [0.25, 0.3) is 0 Å². The summed E-state index contributed by atoms with van der Waals surface area (Å²) in [4.78, 5) is 34.9. The molecule has 31 heavy (non-hydrogen) atoms. The van der Waals surface area contributed by atoms with Crippen molar-refractivity contribution in [3.05, 3.63) is 30.1 Å². The Morgan fingerprint density at radius 3 is 2.10 bits per heavy atom. The number of likely N-dealkylation sites (tertiary alicyclic amines) is 2. The van der Waals surface area contributed by atoms with Gasteiger partial charge in [-0.15, -0.1) is 0 Å². The molecule has 0 aliphatic carbocycles. The molecule has 0 aromatic carbocycles. The normalized spacial score (nSPS) is 21.4. The van der Waals surface area contributed by atoms with Gasteiger partial charge in [-0.2, -0.15) is 0 Å². The lowest BCUT2D eigenvalue weighted by molar-refractivity contribution is -0.140. The first kappa shape index (κ1) is 23.5. The van der Waals surface area contributed by atoms with E-state index in [4.69, 9.17) is 4.74 Å². The fourth-order valence-corrected chi connectivity index (χ4v) is 4.78. The fourth-order valence-electron chi connectivity index (χ4n) is 4.78. The molecule has 1 aromatic rings. The smallest absolute Gasteiger partial charge is 0.408 e. The van der Waals surface area contributed by atoms with Gasteiger partial charge < -0.3 is 19.9 Å². The molecule has 1 atom stereocenters. The van der Waals surface area contributed by atoms with E-state index in [0.29, 0.717) is 24.7 Å². The second-order valence-electron chi connectivity index (χ2n) is 10.2. The second kappa shape index (κ2) is 9.55. The van der Waals surface area contributed by atoms with E-state index < -0.39 is 17.2 Å². The van der Waals surface area contributed by atoms with Crippen LogP contribution < -0.4 is 5.32 Å². The van der Waals surface area contributed by atoms with Gasteiger partial charge in [-0.1, -0.05) is 6.07 Å². The lowest BCUT2D eigenvalue weighted by Gasteiger charge is -2.42. The molecule has 2 amide bonds. The van der Waals surface area contributed by atoms with Crippen LogP contribution in [0.2, 0.25) is 0 Å². The number of hydrogen-bond acceptors (Lipinski definition) is 5. The molecule has 0 radical (unpaired) electrons. The molecule has 0 bridgehead atoms. The molecule has 2 saturated heterocycles. The quantitative estimate of drug-likeness (QED) is 0.792. The van der Waals surface area contributed by atoms with E-state index in [2.05, 4.69) is 22.2 Å². The van der Waals surface area contributed by atoms with Gasteiger partial charge in [-0.05, 0) is 97.5 Å². The number of carbonyl (C=O) groups is 2. The number of ether oxygens (including phenoxy) is 1. The zero-order valence-electron chi connectivity index (χ0n) is 19.7. The topological polar surface area (TPSA) is 74.8 Å². The van der Waals surface area contributed by atoms with Crippen LogP contribution in [0.1, 0.15) is 59.1 Å². The van der Waals surface area contributed by atoms with Crippen molar-refractivity contribution in [2.24, 2.45) is 11.8 Å². The van der Waals surface area contributed by atoms with E-state index in [1.165, 1.54) is 25.9 Å². The summed E-state index contributed by atoms with van der Waals surface area (Å²) in [5, 5.41) is 2.82. The highest BCUT2D eigenvalue weighted by Gasteiger charge is 2.43. The van der Waals surface area contributed by atoms with E-state index in [1.54, 1.807) is 46.0 Å². The minimum absolute atomic E-state index is 0.126. The molecule has 1 N–H and O–H groups in total. The molecule has 172 valence electrons. The van der Waals surface area contributed by atoms with Gasteiger partial charge in [0.15, 0.2) is 5.54 Å². The number of carbonyl (C=O) groups excluding carboxylic acids is 2. The molecular weight excluding hydrogens is 392 g/mol. The highest BCUT2D eigenvalue weighted by Crippen LogP contribution is 2.33. The van der Waals surface area contributed by atoms with Crippen molar-refractivity contribution < 1.29 is 14.3 Å². The number of amides is 2. The third-order valence-electron chi connectivity index (χ3n) is 6.61. The van der Waals surface area contributed by atoms with Crippen LogP contribution in [0.5, 0.6) is 0 Å². The number of alkyl carbamates (subject to hydrolysis) is 1. The summed E-state index contributed by atoms with van der Waals surface area (Å²) < 4.78 is 5.44. The number of pyridine rings is 1. The number of piperidine rings is 2. The first-order valence-electron chi connectivity index (χ1n) is 11.5. The van der Waals surface area contributed by atoms with Crippen molar-refractivity contribution in [3.8, 4) is 0 Å². The third-order valence-corrected chi connectivity index (χ3v) is 6.61. The SMILES string of the molecule is CN1CCC(C2CCN(C(=O)[C@@](C)(NC(=O)OC(C)(C)C)c3ccccn3)CC2)CC1. The maximum atomic E-state index is 13.7. The van der Waals surface area contributed by atoms with Gasteiger partial charge in [-0.3, -0.25) is 9.78 Å². The van der Waals surface area contributed by atoms with Crippen molar-refractivity contribution in [2.75, 3.05) is 33.2 Å². The van der Waals surface area contributed by atoms with Crippen LogP contribution >= 0.6 is 0 Å². The summed E-state index contributed by atoms with van der Waals surface area (Å²) in [5.74, 6) is 1.31. The predicted octanol–water partition coefficient (Wildman–Crippen LogP) is 3.40. The van der Waals surface area contributed by atoms with Gasteiger partial charge in [0.1, 0.15) is 5.60 Å². The summed E-state index contributed by atoms with van der Waals surface area (Å²) in [6, 6.07) is 5.41. The summed E-state index contributed by atoms with van der Waals surface area (Å²) in [6.07, 6.45) is 5.57. The van der Waals surface area contributed by atoms with Gasteiger partial charge in [0.25, 0.3) is 5.91 Å². The fraction of sp³-hybridized carbons (Fsp3) is 0.708. The molecule has 1 aromatic heterocycles. The largest absolute Gasteiger partial charge is 0.444 e. The average molecular weight is 431 g/mol. The van der Waals surface area contributed by atoms with E-state index in [-0.39, 0.29) is 5.91 Å². The Hall–Kier alpha value is -2.15. The Morgan fingerprint density at radius 2 is 1.58 bits per heavy atom. The number of aromatic nitrogens is 1. The summed E-state index contributed by atoms with van der Waals surface area (Å²) >= 11 is 0. The number of rotatable bonds is 4. The minimum Gasteiger partial charge on any atom is -0.444 e. The minimum atomic E-state index is -1.27. The Labute approximate surface area is 186 Å². The van der Waals surface area contributed by atoms with E-state index in [1.807, 2.05) is 11.0 Å². The van der Waals surface area contributed by atoms with Gasteiger partial charge >= 0.3 is 6.09 Å². The lowest BCUT2D eigenvalue weighted by Crippen LogP contribution is -2.58. The molecule has 3 heterocycles. The first-order chi connectivity index (χ1) is 14.6. The molecule has 0 saturated carbocycles. The molecule has 0 unspecified atom stereocenters. The lowest BCUT2D eigenvalue weighted by atomic mass is 9.78. The van der Waals surface area contributed by atoms with Gasteiger partial charge in [0.2, 0.25) is 0 Å². The van der Waals surface area contributed by atoms with E-state index in [9.17, 15) is 9.59 Å². The van der Waals surface area contributed by atoms with Crippen LogP contribution in [0.4, 0.5) is 4.79 Å².